The molecule has 3 heterocycles. The number of hydrogen-bond donors (Lipinski definition) is 0. The van der Waals surface area contributed by atoms with E-state index in [0.29, 0.717) is 11.1 Å². The van der Waals surface area contributed by atoms with E-state index in [1.165, 1.54) is 0 Å². The van der Waals surface area contributed by atoms with Crippen LogP contribution in [-0.4, -0.2) is 9.13 Å². The first-order valence-electron chi connectivity index (χ1n) is 18.2. The van der Waals surface area contributed by atoms with Gasteiger partial charge in [0.15, 0.2) is 0 Å². The fourth-order valence-electron chi connectivity index (χ4n) is 8.71. The van der Waals surface area contributed by atoms with Crippen LogP contribution in [0.4, 0.5) is 0 Å². The minimum absolute atomic E-state index is 0.529. The first kappa shape index (κ1) is 30.7. The lowest BCUT2D eigenvalue weighted by Gasteiger charge is -2.18. The maximum atomic E-state index is 10.7. The Labute approximate surface area is 315 Å². The first-order valence-corrected chi connectivity index (χ1v) is 18.2. The zero-order chi connectivity index (χ0) is 36.6. The monoisotopic (exact) mass is 700 g/mol. The molecule has 0 radical (unpaired) electrons. The molecule has 0 saturated carbocycles. The van der Waals surface area contributed by atoms with E-state index in [1.54, 1.807) is 0 Å². The summed E-state index contributed by atoms with van der Waals surface area (Å²) in [5, 5.41) is 27.5. The topological polar surface area (TPSA) is 70.6 Å². The molecule has 0 bridgehead atoms. The zero-order valence-corrected chi connectivity index (χ0v) is 29.4. The average molecular weight is 701 g/mol. The van der Waals surface area contributed by atoms with Crippen LogP contribution in [-0.2, 0) is 0 Å². The van der Waals surface area contributed by atoms with Crippen LogP contribution in [0.5, 0.6) is 0 Å². The molecule has 8 aromatic carbocycles. The lowest BCUT2D eigenvalue weighted by Crippen LogP contribution is -2.01. The van der Waals surface area contributed by atoms with Gasteiger partial charge in [-0.1, -0.05) is 103 Å². The van der Waals surface area contributed by atoms with E-state index in [-0.39, 0.29) is 0 Å². The predicted octanol–water partition coefficient (Wildman–Crippen LogP) is 12.9. The van der Waals surface area contributed by atoms with E-state index in [2.05, 4.69) is 137 Å². The van der Waals surface area contributed by atoms with Gasteiger partial charge in [0.2, 0.25) is 0 Å². The number of nitriles is 2. The highest BCUT2D eigenvalue weighted by Crippen LogP contribution is 2.44. The maximum Gasteiger partial charge on any atom is 0.145 e. The number of nitrogens with zero attached hydrogens (tertiary/aromatic N) is 4. The minimum Gasteiger partial charge on any atom is -0.455 e. The molecule has 0 aliphatic carbocycles. The molecule has 0 atom stereocenters. The molecule has 254 valence electrons. The van der Waals surface area contributed by atoms with Gasteiger partial charge in [-0.3, -0.25) is 0 Å². The van der Waals surface area contributed by atoms with Crippen LogP contribution >= 0.6 is 0 Å². The molecule has 5 heteroatoms. The Kier molecular flexibility index (Phi) is 6.61. The second kappa shape index (κ2) is 11.8. The van der Waals surface area contributed by atoms with Gasteiger partial charge in [-0.05, 0) is 77.9 Å². The second-order valence-corrected chi connectivity index (χ2v) is 13.9. The summed E-state index contributed by atoms with van der Waals surface area (Å²) in [4.78, 5) is 0. The summed E-state index contributed by atoms with van der Waals surface area (Å²) in [5.74, 6) is 0. The van der Waals surface area contributed by atoms with Crippen molar-refractivity contribution < 1.29 is 4.42 Å². The largest absolute Gasteiger partial charge is 0.455 e. The summed E-state index contributed by atoms with van der Waals surface area (Å²) in [6.45, 7) is 0. The molecule has 0 spiro atoms. The van der Waals surface area contributed by atoms with Crippen LogP contribution in [0, 0.1) is 22.7 Å². The van der Waals surface area contributed by atoms with Crippen molar-refractivity contribution >= 4 is 65.6 Å². The lowest BCUT2D eigenvalue weighted by molar-refractivity contribution is 0.673. The van der Waals surface area contributed by atoms with Crippen molar-refractivity contribution in [2.24, 2.45) is 0 Å². The van der Waals surface area contributed by atoms with E-state index < -0.39 is 0 Å². The fourth-order valence-corrected chi connectivity index (χ4v) is 8.71. The summed E-state index contributed by atoms with van der Waals surface area (Å²) in [6.07, 6.45) is 0. The molecule has 0 amide bonds. The van der Waals surface area contributed by atoms with Crippen LogP contribution < -0.4 is 0 Å². The number of hydrogen-bond acceptors (Lipinski definition) is 3. The van der Waals surface area contributed by atoms with Gasteiger partial charge in [0.1, 0.15) is 11.2 Å². The minimum atomic E-state index is 0.529. The Bertz CT molecular complexity index is 3420. The summed E-state index contributed by atoms with van der Waals surface area (Å²) in [7, 11) is 0. The highest BCUT2D eigenvalue weighted by atomic mass is 16.3. The van der Waals surface area contributed by atoms with Crippen molar-refractivity contribution in [2.75, 3.05) is 0 Å². The highest BCUT2D eigenvalue weighted by Gasteiger charge is 2.22. The second-order valence-electron chi connectivity index (χ2n) is 13.9. The normalized spacial score (nSPS) is 11.6. The Morgan fingerprint density at radius 1 is 0.418 bits per heavy atom. The Hall–Kier alpha value is -7.86. The summed E-state index contributed by atoms with van der Waals surface area (Å²) in [6, 6.07) is 62.9. The quantitative estimate of drug-likeness (QED) is 0.183. The van der Waals surface area contributed by atoms with Gasteiger partial charge in [-0.15, -0.1) is 0 Å². The Balaban J connectivity index is 1.29. The highest BCUT2D eigenvalue weighted by molar-refractivity contribution is 6.24. The van der Waals surface area contributed by atoms with Crippen molar-refractivity contribution in [3.05, 3.63) is 181 Å². The number of furan rings is 1. The number of rotatable bonds is 4. The van der Waals surface area contributed by atoms with Crippen LogP contribution in [0.25, 0.3) is 99.2 Å². The third-order valence-corrected chi connectivity index (χ3v) is 11.0. The van der Waals surface area contributed by atoms with Gasteiger partial charge in [0, 0.05) is 49.4 Å². The molecule has 55 heavy (non-hydrogen) atoms. The number of benzene rings is 8. The van der Waals surface area contributed by atoms with Crippen molar-refractivity contribution in [3.63, 3.8) is 0 Å². The van der Waals surface area contributed by atoms with Gasteiger partial charge in [0.25, 0.3) is 0 Å². The molecule has 0 saturated heterocycles. The number of para-hydroxylation sites is 4. The molecular weight excluding hydrogens is 673 g/mol. The maximum absolute atomic E-state index is 10.7. The Morgan fingerprint density at radius 3 is 1.67 bits per heavy atom. The first-order chi connectivity index (χ1) is 27.2. The van der Waals surface area contributed by atoms with Gasteiger partial charge < -0.3 is 13.6 Å². The zero-order valence-electron chi connectivity index (χ0n) is 29.4. The summed E-state index contributed by atoms with van der Waals surface area (Å²) >= 11 is 0. The molecule has 0 aliphatic rings. The van der Waals surface area contributed by atoms with Crippen molar-refractivity contribution in [2.45, 2.75) is 0 Å². The van der Waals surface area contributed by atoms with Crippen LogP contribution in [0.1, 0.15) is 11.1 Å². The smallest absolute Gasteiger partial charge is 0.145 e. The van der Waals surface area contributed by atoms with E-state index in [4.69, 9.17) is 4.42 Å². The fraction of sp³-hybridized carbons (Fsp3) is 0. The van der Waals surface area contributed by atoms with Crippen LogP contribution in [0.2, 0.25) is 0 Å². The number of fused-ring (bicyclic) bond motifs is 10. The van der Waals surface area contributed by atoms with E-state index in [0.717, 1.165) is 99.2 Å². The van der Waals surface area contributed by atoms with Crippen LogP contribution in [0.15, 0.2) is 174 Å². The molecule has 5 nitrogen and oxygen atoms in total. The van der Waals surface area contributed by atoms with Gasteiger partial charge in [-0.2, -0.15) is 10.5 Å². The molecule has 11 rings (SSSR count). The SMILES string of the molecule is N#Cc1ccccc1-c1cccc(C#N)c1-c1cc(-n2c3ccccc3c3ccccc32)cc(-n2c3ccccc3c3c4oc5ccccc5c4ccc32)c1. The molecule has 3 aromatic heterocycles. The van der Waals surface area contributed by atoms with Gasteiger partial charge >= 0.3 is 0 Å². The Morgan fingerprint density at radius 2 is 0.964 bits per heavy atom. The standard InChI is InChI=1S/C50H28N4O/c51-29-31-12-1-2-14-36(31)40-19-11-13-32(30-52)48(40)33-26-34(53-43-20-7-3-15-37(43)38-16-4-8-21-44(38)53)28-35(27-33)54-45-22-9-5-18-42(45)49-46(54)25-24-41-39-17-6-10-23-47(39)55-50(41)49/h1-28H. The molecule has 0 N–H and O–H groups in total. The molecule has 11 aromatic rings. The van der Waals surface area contributed by atoms with E-state index in [1.807, 2.05) is 54.6 Å². The van der Waals surface area contributed by atoms with E-state index in [9.17, 15) is 10.5 Å². The summed E-state index contributed by atoms with van der Waals surface area (Å²) < 4.78 is 11.3. The summed E-state index contributed by atoms with van der Waals surface area (Å²) in [5.41, 5.74) is 12.2. The third-order valence-electron chi connectivity index (χ3n) is 11.0. The molecule has 0 fully saturated rings. The molecule has 0 aliphatic heterocycles. The van der Waals surface area contributed by atoms with Gasteiger partial charge in [-0.25, -0.2) is 0 Å². The van der Waals surface area contributed by atoms with Crippen LogP contribution in [0.3, 0.4) is 0 Å². The molecular formula is C50H28N4O. The predicted molar refractivity (Wildman–Crippen MR) is 223 cm³/mol. The van der Waals surface area contributed by atoms with E-state index >= 15 is 0 Å². The third kappa shape index (κ3) is 4.45. The van der Waals surface area contributed by atoms with Gasteiger partial charge in [0.05, 0.1) is 50.7 Å². The van der Waals surface area contributed by atoms with Crippen molar-refractivity contribution in [1.82, 2.24) is 9.13 Å². The van der Waals surface area contributed by atoms with Crippen molar-refractivity contribution in [3.8, 4) is 45.8 Å². The average Bonchev–Trinajstić information content (AvgIpc) is 3.91. The molecule has 0 unspecified atom stereocenters. The number of aromatic nitrogens is 2. The lowest BCUT2D eigenvalue weighted by atomic mass is 9.88. The van der Waals surface area contributed by atoms with Crippen molar-refractivity contribution in [1.29, 1.82) is 10.5 Å².